The molecule has 0 aliphatic heterocycles. The number of esters is 1. The van der Waals surface area contributed by atoms with Gasteiger partial charge in [-0.05, 0) is 25.1 Å². The zero-order valence-corrected chi connectivity index (χ0v) is 11.2. The molecule has 102 valence electrons. The van der Waals surface area contributed by atoms with Gasteiger partial charge in [-0.15, -0.1) is 0 Å². The lowest BCUT2D eigenvalue weighted by Gasteiger charge is -2.12. The molecule has 6 nitrogen and oxygen atoms in total. The Morgan fingerprint density at radius 1 is 1.32 bits per heavy atom. The van der Waals surface area contributed by atoms with Gasteiger partial charge in [0, 0.05) is 12.1 Å². The minimum atomic E-state index is -1.09. The molecule has 1 atom stereocenters. The molecule has 0 spiro atoms. The molecule has 0 fully saturated rings. The molecule has 0 aliphatic carbocycles. The van der Waals surface area contributed by atoms with Crippen molar-refractivity contribution in [2.75, 3.05) is 7.05 Å². The maximum atomic E-state index is 11.7. The Balaban J connectivity index is 2.61. The molecular weight excluding hydrogens is 272 g/mol. The molecule has 1 rings (SSSR count). The van der Waals surface area contributed by atoms with Crippen molar-refractivity contribution < 1.29 is 19.1 Å². The Kier molecular flexibility index (Phi) is 5.32. The molecule has 0 unspecified atom stereocenters. The maximum absolute atomic E-state index is 11.7. The first-order chi connectivity index (χ1) is 8.93. The number of hydrogen-bond acceptors (Lipinski definition) is 4. The lowest BCUT2D eigenvalue weighted by atomic mass is 10.2. The molecular formula is C12H13ClN2O4. The number of carbonyl (C=O) groups is 3. The normalized spacial score (nSPS) is 11.3. The zero-order chi connectivity index (χ0) is 14.4. The van der Waals surface area contributed by atoms with Crippen LogP contribution in [-0.2, 0) is 9.53 Å². The van der Waals surface area contributed by atoms with Crippen molar-refractivity contribution in [1.82, 2.24) is 10.6 Å². The number of nitrogens with one attached hydrogen (secondary N) is 2. The molecule has 0 saturated carbocycles. The first-order valence-electron chi connectivity index (χ1n) is 5.43. The number of ether oxygens (including phenoxy) is 1. The fourth-order valence-corrected chi connectivity index (χ4v) is 1.36. The Bertz CT molecular complexity index is 504. The molecule has 0 aliphatic rings. The Labute approximate surface area is 115 Å². The number of urea groups is 1. The van der Waals surface area contributed by atoms with Crippen molar-refractivity contribution in [3.63, 3.8) is 0 Å². The second kappa shape index (κ2) is 6.75. The van der Waals surface area contributed by atoms with Crippen LogP contribution in [0.5, 0.6) is 0 Å². The van der Waals surface area contributed by atoms with Gasteiger partial charge in [-0.3, -0.25) is 10.1 Å². The molecule has 0 aromatic heterocycles. The van der Waals surface area contributed by atoms with Gasteiger partial charge in [0.2, 0.25) is 0 Å². The standard InChI is InChI=1S/C12H13ClN2O4/c1-7(10(16)15-12(18)14-2)19-11(17)8-4-3-5-9(13)6-8/h3-7H,1-2H3,(H2,14,15,16,18)/t7-/m1/s1. The van der Waals surface area contributed by atoms with Crippen LogP contribution in [0.15, 0.2) is 24.3 Å². The summed E-state index contributed by atoms with van der Waals surface area (Å²) in [7, 11) is 1.37. The van der Waals surface area contributed by atoms with E-state index in [1.165, 1.54) is 26.1 Å². The van der Waals surface area contributed by atoms with Gasteiger partial charge in [-0.1, -0.05) is 17.7 Å². The van der Waals surface area contributed by atoms with Crippen LogP contribution in [0.2, 0.25) is 5.02 Å². The van der Waals surface area contributed by atoms with Crippen molar-refractivity contribution in [3.05, 3.63) is 34.9 Å². The number of carbonyl (C=O) groups excluding carboxylic acids is 3. The third-order valence-corrected chi connectivity index (χ3v) is 2.41. The van der Waals surface area contributed by atoms with Crippen molar-refractivity contribution in [3.8, 4) is 0 Å². The van der Waals surface area contributed by atoms with E-state index in [4.69, 9.17) is 16.3 Å². The quantitative estimate of drug-likeness (QED) is 0.820. The third-order valence-electron chi connectivity index (χ3n) is 2.18. The number of hydrogen-bond donors (Lipinski definition) is 2. The highest BCUT2D eigenvalue weighted by Gasteiger charge is 2.20. The van der Waals surface area contributed by atoms with Crippen LogP contribution < -0.4 is 10.6 Å². The van der Waals surface area contributed by atoms with E-state index < -0.39 is 24.0 Å². The maximum Gasteiger partial charge on any atom is 0.338 e. The summed E-state index contributed by atoms with van der Waals surface area (Å²) < 4.78 is 4.91. The zero-order valence-electron chi connectivity index (χ0n) is 10.4. The molecule has 0 heterocycles. The SMILES string of the molecule is CNC(=O)NC(=O)[C@@H](C)OC(=O)c1cccc(Cl)c1. The second-order valence-corrected chi connectivity index (χ2v) is 4.06. The highest BCUT2D eigenvalue weighted by molar-refractivity contribution is 6.30. The third kappa shape index (κ3) is 4.59. The van der Waals surface area contributed by atoms with Crippen molar-refractivity contribution >= 4 is 29.5 Å². The van der Waals surface area contributed by atoms with Crippen molar-refractivity contribution in [2.45, 2.75) is 13.0 Å². The van der Waals surface area contributed by atoms with E-state index in [2.05, 4.69) is 5.32 Å². The fourth-order valence-electron chi connectivity index (χ4n) is 1.17. The molecule has 0 bridgehead atoms. The molecule has 1 aromatic rings. The van der Waals surface area contributed by atoms with Gasteiger partial charge >= 0.3 is 12.0 Å². The van der Waals surface area contributed by atoms with Gasteiger partial charge < -0.3 is 10.1 Å². The van der Waals surface area contributed by atoms with Crippen LogP contribution in [0.1, 0.15) is 17.3 Å². The average molecular weight is 285 g/mol. The predicted molar refractivity (Wildman–Crippen MR) is 68.9 cm³/mol. The molecule has 3 amide bonds. The number of halogens is 1. The smallest absolute Gasteiger partial charge is 0.338 e. The van der Waals surface area contributed by atoms with E-state index in [0.717, 1.165) is 0 Å². The highest BCUT2D eigenvalue weighted by atomic mass is 35.5. The first-order valence-corrected chi connectivity index (χ1v) is 5.81. The summed E-state index contributed by atoms with van der Waals surface area (Å²) in [6.07, 6.45) is -1.09. The van der Waals surface area contributed by atoms with Gasteiger partial charge in [0.15, 0.2) is 6.10 Å². The largest absolute Gasteiger partial charge is 0.449 e. The van der Waals surface area contributed by atoms with Crippen LogP contribution in [0.25, 0.3) is 0 Å². The van der Waals surface area contributed by atoms with Crippen molar-refractivity contribution in [2.24, 2.45) is 0 Å². The Hall–Kier alpha value is -2.08. The summed E-state index contributed by atoms with van der Waals surface area (Å²) in [5.74, 6) is -1.41. The van der Waals surface area contributed by atoms with E-state index >= 15 is 0 Å². The van der Waals surface area contributed by atoms with E-state index in [1.54, 1.807) is 12.1 Å². The van der Waals surface area contributed by atoms with Crippen LogP contribution in [0, 0.1) is 0 Å². The lowest BCUT2D eigenvalue weighted by Crippen LogP contribution is -2.43. The van der Waals surface area contributed by atoms with E-state index in [0.29, 0.717) is 5.02 Å². The van der Waals surface area contributed by atoms with Gasteiger partial charge in [0.05, 0.1) is 5.56 Å². The summed E-state index contributed by atoms with van der Waals surface area (Å²) in [5.41, 5.74) is 0.229. The van der Waals surface area contributed by atoms with Crippen LogP contribution in [0.4, 0.5) is 4.79 Å². The first kappa shape index (κ1) is 15.0. The summed E-state index contributed by atoms with van der Waals surface area (Å²) in [6, 6.07) is 5.47. The van der Waals surface area contributed by atoms with E-state index in [9.17, 15) is 14.4 Å². The van der Waals surface area contributed by atoms with Crippen LogP contribution in [-0.4, -0.2) is 31.1 Å². The molecule has 19 heavy (non-hydrogen) atoms. The monoisotopic (exact) mass is 284 g/mol. The summed E-state index contributed by atoms with van der Waals surface area (Å²) in [4.78, 5) is 34.1. The van der Waals surface area contributed by atoms with Crippen LogP contribution in [0.3, 0.4) is 0 Å². The fraction of sp³-hybridized carbons (Fsp3) is 0.250. The topological polar surface area (TPSA) is 84.5 Å². The van der Waals surface area contributed by atoms with Gasteiger partial charge in [-0.25, -0.2) is 9.59 Å². The highest BCUT2D eigenvalue weighted by Crippen LogP contribution is 2.12. The summed E-state index contributed by atoms with van der Waals surface area (Å²) in [6.45, 7) is 1.36. The van der Waals surface area contributed by atoms with Crippen LogP contribution >= 0.6 is 11.6 Å². The summed E-state index contributed by atoms with van der Waals surface area (Å²) >= 11 is 5.74. The molecule has 0 saturated heterocycles. The summed E-state index contributed by atoms with van der Waals surface area (Å²) in [5, 5.41) is 4.61. The Morgan fingerprint density at radius 2 is 2.00 bits per heavy atom. The van der Waals surface area contributed by atoms with E-state index in [1.807, 2.05) is 5.32 Å². The molecule has 0 radical (unpaired) electrons. The van der Waals surface area contributed by atoms with Gasteiger partial charge in [0.1, 0.15) is 0 Å². The average Bonchev–Trinajstić information content (AvgIpc) is 2.38. The van der Waals surface area contributed by atoms with E-state index in [-0.39, 0.29) is 5.56 Å². The predicted octanol–water partition coefficient (Wildman–Crippen LogP) is 1.34. The molecule has 2 N–H and O–H groups in total. The number of amides is 3. The molecule has 1 aromatic carbocycles. The number of rotatable bonds is 3. The van der Waals surface area contributed by atoms with Gasteiger partial charge in [-0.2, -0.15) is 0 Å². The number of imide groups is 1. The lowest BCUT2D eigenvalue weighted by molar-refractivity contribution is -0.127. The minimum absolute atomic E-state index is 0.229. The van der Waals surface area contributed by atoms with Crippen molar-refractivity contribution in [1.29, 1.82) is 0 Å². The van der Waals surface area contributed by atoms with Gasteiger partial charge in [0.25, 0.3) is 5.91 Å². The molecule has 7 heteroatoms. The Morgan fingerprint density at radius 3 is 2.58 bits per heavy atom. The number of benzene rings is 1. The minimum Gasteiger partial charge on any atom is -0.449 e. The second-order valence-electron chi connectivity index (χ2n) is 3.63.